The summed E-state index contributed by atoms with van der Waals surface area (Å²) in [5, 5.41) is 2.94. The summed E-state index contributed by atoms with van der Waals surface area (Å²) in [6, 6.07) is 7.70. The third kappa shape index (κ3) is 4.18. The molecule has 3 rings (SSSR count). The Morgan fingerprint density at radius 3 is 2.87 bits per heavy atom. The van der Waals surface area contributed by atoms with Crippen molar-refractivity contribution in [2.24, 2.45) is 0 Å². The van der Waals surface area contributed by atoms with Crippen LogP contribution in [0.1, 0.15) is 36.0 Å². The molecule has 1 aromatic carbocycles. The molecule has 1 aliphatic heterocycles. The van der Waals surface area contributed by atoms with Crippen molar-refractivity contribution < 1.29 is 9.53 Å². The number of benzene rings is 1. The van der Waals surface area contributed by atoms with Crippen molar-refractivity contribution in [2.75, 3.05) is 20.2 Å². The molecule has 0 N–H and O–H groups in total. The van der Waals surface area contributed by atoms with Crippen molar-refractivity contribution in [1.29, 1.82) is 0 Å². The summed E-state index contributed by atoms with van der Waals surface area (Å²) < 4.78 is 5.62. The van der Waals surface area contributed by atoms with Crippen LogP contribution in [0.4, 0.5) is 0 Å². The number of thiazole rings is 1. The second kappa shape index (κ2) is 7.70. The first-order chi connectivity index (χ1) is 11.2. The molecule has 1 aliphatic rings. The highest BCUT2D eigenvalue weighted by molar-refractivity contribution is 7.13. The zero-order valence-electron chi connectivity index (χ0n) is 13.4. The van der Waals surface area contributed by atoms with Gasteiger partial charge >= 0.3 is 0 Å². The van der Waals surface area contributed by atoms with Crippen LogP contribution in [0.3, 0.4) is 0 Å². The van der Waals surface area contributed by atoms with Gasteiger partial charge in [0.15, 0.2) is 0 Å². The van der Waals surface area contributed by atoms with Gasteiger partial charge in [0.05, 0.1) is 6.10 Å². The normalized spacial score (nSPS) is 17.3. The van der Waals surface area contributed by atoms with E-state index in [-0.39, 0.29) is 5.91 Å². The van der Waals surface area contributed by atoms with Crippen molar-refractivity contribution in [1.82, 2.24) is 9.88 Å². The first kappa shape index (κ1) is 16.1. The lowest BCUT2D eigenvalue weighted by molar-refractivity contribution is 0.0763. The second-order valence-corrected chi connectivity index (χ2v) is 6.81. The Labute approximate surface area is 141 Å². The zero-order valence-corrected chi connectivity index (χ0v) is 14.2. The number of hydrogen-bond donors (Lipinski definition) is 0. The quantitative estimate of drug-likeness (QED) is 0.808. The van der Waals surface area contributed by atoms with Crippen LogP contribution < -0.4 is 0 Å². The molecule has 1 aromatic heterocycles. The Hall–Kier alpha value is -1.72. The van der Waals surface area contributed by atoms with E-state index >= 15 is 0 Å². The molecule has 1 atom stereocenters. The van der Waals surface area contributed by atoms with E-state index in [4.69, 9.17) is 4.74 Å². The fourth-order valence-electron chi connectivity index (χ4n) is 2.87. The Morgan fingerprint density at radius 2 is 2.22 bits per heavy atom. The molecule has 2 aromatic rings. The fraction of sp³-hybridized carbons (Fsp3) is 0.444. The molecule has 0 aliphatic carbocycles. The third-order valence-electron chi connectivity index (χ3n) is 4.20. The maximum Gasteiger partial charge on any atom is 0.253 e. The minimum atomic E-state index is 0.0722. The first-order valence-electron chi connectivity index (χ1n) is 8.11. The fourth-order valence-corrected chi connectivity index (χ4v) is 3.52. The van der Waals surface area contributed by atoms with E-state index in [0.717, 1.165) is 48.5 Å². The van der Waals surface area contributed by atoms with Gasteiger partial charge < -0.3 is 9.64 Å². The van der Waals surface area contributed by atoms with E-state index in [1.807, 2.05) is 36.7 Å². The molecule has 23 heavy (non-hydrogen) atoms. The molecule has 4 nitrogen and oxygen atoms in total. The highest BCUT2D eigenvalue weighted by atomic mass is 32.1. The minimum Gasteiger partial charge on any atom is -0.378 e. The molecule has 1 fully saturated rings. The number of nitrogens with zero attached hydrogens (tertiary/aromatic N) is 2. The number of hydrogen-bond acceptors (Lipinski definition) is 4. The van der Waals surface area contributed by atoms with E-state index < -0.39 is 0 Å². The number of ether oxygens (including phenoxy) is 1. The Kier molecular flexibility index (Phi) is 5.41. The van der Waals surface area contributed by atoms with Gasteiger partial charge in [-0.25, -0.2) is 4.98 Å². The largest absolute Gasteiger partial charge is 0.378 e. The maximum atomic E-state index is 12.5. The Bertz CT molecular complexity index is 619. The van der Waals surface area contributed by atoms with Crippen molar-refractivity contribution >= 4 is 17.2 Å². The van der Waals surface area contributed by atoms with Crippen molar-refractivity contribution in [3.8, 4) is 10.6 Å². The van der Waals surface area contributed by atoms with Gasteiger partial charge in [-0.3, -0.25) is 4.79 Å². The lowest BCUT2D eigenvalue weighted by Gasteiger charge is -2.18. The van der Waals surface area contributed by atoms with Gasteiger partial charge in [-0.15, -0.1) is 11.3 Å². The highest BCUT2D eigenvalue weighted by Crippen LogP contribution is 2.22. The molecule has 1 unspecified atom stereocenters. The minimum absolute atomic E-state index is 0.0722. The zero-order chi connectivity index (χ0) is 16.1. The van der Waals surface area contributed by atoms with E-state index in [2.05, 4.69) is 4.98 Å². The number of aromatic nitrogens is 1. The number of carbonyl (C=O) groups is 1. The molecule has 0 spiro atoms. The number of rotatable bonds is 6. The van der Waals surface area contributed by atoms with Gasteiger partial charge in [0.1, 0.15) is 5.01 Å². The SMILES string of the molecule is CN(CCCC1CCCO1)C(=O)c1ccc(-c2nccs2)cc1. The third-order valence-corrected chi connectivity index (χ3v) is 5.02. The van der Waals surface area contributed by atoms with Crippen molar-refractivity contribution in [2.45, 2.75) is 31.8 Å². The lowest BCUT2D eigenvalue weighted by atomic mass is 10.1. The van der Waals surface area contributed by atoms with Crippen LogP contribution in [0.2, 0.25) is 0 Å². The molecular formula is C18H22N2O2S. The van der Waals surface area contributed by atoms with E-state index in [9.17, 15) is 4.79 Å². The summed E-state index contributed by atoms with van der Waals surface area (Å²) in [7, 11) is 1.87. The average Bonchev–Trinajstić information content (AvgIpc) is 3.28. The van der Waals surface area contributed by atoms with E-state index in [1.165, 1.54) is 6.42 Å². The van der Waals surface area contributed by atoms with Gasteiger partial charge in [0.2, 0.25) is 0 Å². The summed E-state index contributed by atoms with van der Waals surface area (Å²) in [6.07, 6.45) is 6.56. The molecule has 0 radical (unpaired) electrons. The van der Waals surface area contributed by atoms with E-state index in [0.29, 0.717) is 6.10 Å². The van der Waals surface area contributed by atoms with Gasteiger partial charge in [-0.2, -0.15) is 0 Å². The maximum absolute atomic E-state index is 12.5. The average molecular weight is 330 g/mol. The highest BCUT2D eigenvalue weighted by Gasteiger charge is 2.16. The van der Waals surface area contributed by atoms with Gasteiger partial charge in [-0.05, 0) is 37.8 Å². The molecule has 0 bridgehead atoms. The standard InChI is InChI=1S/C18H22N2O2S/c1-20(11-2-4-16-5-3-12-22-16)18(21)15-8-6-14(7-9-15)17-19-10-13-23-17/h6-10,13,16H,2-5,11-12H2,1H3. The Balaban J connectivity index is 1.52. The van der Waals surface area contributed by atoms with Crippen LogP contribution in [-0.2, 0) is 4.74 Å². The Morgan fingerprint density at radius 1 is 1.39 bits per heavy atom. The van der Waals surface area contributed by atoms with Gasteiger partial charge in [0, 0.05) is 42.9 Å². The van der Waals surface area contributed by atoms with Crippen molar-refractivity contribution in [3.05, 3.63) is 41.4 Å². The molecule has 122 valence electrons. The molecule has 0 saturated carbocycles. The predicted octanol–water partition coefficient (Wildman–Crippen LogP) is 3.84. The molecule has 1 saturated heterocycles. The number of carbonyl (C=O) groups excluding carboxylic acids is 1. The molecule has 5 heteroatoms. The lowest BCUT2D eigenvalue weighted by Crippen LogP contribution is -2.28. The molecular weight excluding hydrogens is 308 g/mol. The summed E-state index contributed by atoms with van der Waals surface area (Å²) in [6.45, 7) is 1.66. The molecule has 2 heterocycles. The monoisotopic (exact) mass is 330 g/mol. The van der Waals surface area contributed by atoms with Gasteiger partial charge in [-0.1, -0.05) is 12.1 Å². The summed E-state index contributed by atoms with van der Waals surface area (Å²) >= 11 is 1.60. The van der Waals surface area contributed by atoms with Gasteiger partial charge in [0.25, 0.3) is 5.91 Å². The molecule has 1 amide bonds. The van der Waals surface area contributed by atoms with E-state index in [1.54, 1.807) is 22.4 Å². The summed E-state index contributed by atoms with van der Waals surface area (Å²) in [4.78, 5) is 18.5. The predicted molar refractivity (Wildman–Crippen MR) is 92.7 cm³/mol. The van der Waals surface area contributed by atoms with Crippen molar-refractivity contribution in [3.63, 3.8) is 0 Å². The topological polar surface area (TPSA) is 42.4 Å². The van der Waals surface area contributed by atoms with Crippen LogP contribution >= 0.6 is 11.3 Å². The summed E-state index contributed by atoms with van der Waals surface area (Å²) in [5.74, 6) is 0.0722. The van der Waals surface area contributed by atoms with Crippen LogP contribution in [-0.4, -0.2) is 42.1 Å². The first-order valence-corrected chi connectivity index (χ1v) is 8.99. The summed E-state index contributed by atoms with van der Waals surface area (Å²) in [5.41, 5.74) is 1.78. The van der Waals surface area contributed by atoms with Crippen LogP contribution in [0.25, 0.3) is 10.6 Å². The smallest absolute Gasteiger partial charge is 0.253 e. The van der Waals surface area contributed by atoms with Crippen LogP contribution in [0.15, 0.2) is 35.8 Å². The second-order valence-electron chi connectivity index (χ2n) is 5.92. The van der Waals surface area contributed by atoms with Crippen LogP contribution in [0.5, 0.6) is 0 Å². The number of amides is 1. The van der Waals surface area contributed by atoms with Crippen LogP contribution in [0, 0.1) is 0 Å².